The molecule has 0 amide bonds. The fourth-order valence-corrected chi connectivity index (χ4v) is 2.95. The molecule has 0 aliphatic heterocycles. The minimum atomic E-state index is -1.00. The summed E-state index contributed by atoms with van der Waals surface area (Å²) in [5.74, 6) is -1.23. The Morgan fingerprint density at radius 1 is 0.875 bits per heavy atom. The van der Waals surface area contributed by atoms with Crippen LogP contribution in [-0.4, -0.2) is 58.3 Å². The summed E-state index contributed by atoms with van der Waals surface area (Å²) >= 11 is 0. The van der Waals surface area contributed by atoms with E-state index in [4.69, 9.17) is 19.7 Å². The normalized spacial score (nSPS) is 12.1. The van der Waals surface area contributed by atoms with Gasteiger partial charge in [-0.05, 0) is 36.6 Å². The highest BCUT2D eigenvalue weighted by molar-refractivity contribution is 5.87. The summed E-state index contributed by atoms with van der Waals surface area (Å²) in [6.45, 7) is -0.198. The second kappa shape index (κ2) is 17.0. The molecule has 0 aromatic heterocycles. The predicted molar refractivity (Wildman–Crippen MR) is 120 cm³/mol. The SMILES string of the molecule is O=C(/C=C/c1ccc(O)c(O)c1)OCCCCCCCCCCCC(=O)OCC(O)CO. The van der Waals surface area contributed by atoms with E-state index < -0.39 is 18.7 Å². The topological polar surface area (TPSA) is 134 Å². The molecule has 180 valence electrons. The van der Waals surface area contributed by atoms with E-state index in [9.17, 15) is 19.8 Å². The maximum absolute atomic E-state index is 11.7. The highest BCUT2D eigenvalue weighted by Crippen LogP contribution is 2.25. The molecule has 0 bridgehead atoms. The molecule has 8 nitrogen and oxygen atoms in total. The van der Waals surface area contributed by atoms with Crippen LogP contribution in [0.3, 0.4) is 0 Å². The van der Waals surface area contributed by atoms with Gasteiger partial charge in [0.15, 0.2) is 11.5 Å². The molecule has 0 radical (unpaired) electrons. The Labute approximate surface area is 189 Å². The number of phenolic OH excluding ortho intramolecular Hbond substituents is 2. The third-order valence-electron chi connectivity index (χ3n) is 4.83. The van der Waals surface area contributed by atoms with Crippen molar-refractivity contribution in [2.24, 2.45) is 0 Å². The fraction of sp³-hybridized carbons (Fsp3) is 0.583. The molecule has 0 spiro atoms. The van der Waals surface area contributed by atoms with E-state index >= 15 is 0 Å². The third kappa shape index (κ3) is 13.7. The van der Waals surface area contributed by atoms with Crippen LogP contribution in [0.4, 0.5) is 0 Å². The van der Waals surface area contributed by atoms with Gasteiger partial charge in [-0.3, -0.25) is 4.79 Å². The Hall–Kier alpha value is -2.58. The minimum Gasteiger partial charge on any atom is -0.504 e. The summed E-state index contributed by atoms with van der Waals surface area (Å²) in [7, 11) is 0. The van der Waals surface area contributed by atoms with Crippen LogP contribution in [0.25, 0.3) is 6.08 Å². The smallest absolute Gasteiger partial charge is 0.330 e. The molecule has 4 N–H and O–H groups in total. The number of aliphatic hydroxyl groups is 2. The van der Waals surface area contributed by atoms with Gasteiger partial charge in [-0.25, -0.2) is 4.79 Å². The van der Waals surface area contributed by atoms with Gasteiger partial charge in [0.2, 0.25) is 0 Å². The molecule has 1 atom stereocenters. The van der Waals surface area contributed by atoms with Crippen LogP contribution >= 0.6 is 0 Å². The van der Waals surface area contributed by atoms with E-state index in [0.29, 0.717) is 18.6 Å². The number of ether oxygens (including phenoxy) is 2. The average molecular weight is 453 g/mol. The van der Waals surface area contributed by atoms with E-state index in [1.165, 1.54) is 24.3 Å². The van der Waals surface area contributed by atoms with Crippen molar-refractivity contribution in [2.45, 2.75) is 70.3 Å². The van der Waals surface area contributed by atoms with Gasteiger partial charge in [-0.15, -0.1) is 0 Å². The molecule has 0 aliphatic rings. The van der Waals surface area contributed by atoms with Gasteiger partial charge in [0.1, 0.15) is 12.7 Å². The molecule has 1 rings (SSSR count). The Kier molecular flexibility index (Phi) is 14.6. The highest BCUT2D eigenvalue weighted by Gasteiger charge is 2.07. The zero-order valence-electron chi connectivity index (χ0n) is 18.6. The number of carbonyl (C=O) groups excluding carboxylic acids is 2. The molecule has 8 heteroatoms. The van der Waals surface area contributed by atoms with Gasteiger partial charge in [0.25, 0.3) is 0 Å². The van der Waals surface area contributed by atoms with Crippen molar-refractivity contribution >= 4 is 18.0 Å². The molecule has 0 heterocycles. The molecule has 0 saturated heterocycles. The molecule has 1 aromatic rings. The number of benzene rings is 1. The summed E-state index contributed by atoms with van der Waals surface area (Å²) in [5, 5.41) is 36.4. The lowest BCUT2D eigenvalue weighted by molar-refractivity contribution is -0.147. The Balaban J connectivity index is 1.91. The van der Waals surface area contributed by atoms with E-state index in [1.54, 1.807) is 6.07 Å². The summed E-state index contributed by atoms with van der Waals surface area (Å²) in [4.78, 5) is 23.1. The standard InChI is InChI=1S/C24H36O8/c25-17-20(26)18-32-23(29)10-8-6-4-2-1-3-5-7-9-15-31-24(30)14-12-19-11-13-21(27)22(28)16-19/h11-14,16,20,25-28H,1-10,15,17-18H2/b14-12+. The first-order chi connectivity index (χ1) is 15.4. The minimum absolute atomic E-state index is 0.156. The maximum Gasteiger partial charge on any atom is 0.330 e. The van der Waals surface area contributed by atoms with Gasteiger partial charge >= 0.3 is 11.9 Å². The highest BCUT2D eigenvalue weighted by atomic mass is 16.5. The van der Waals surface area contributed by atoms with Gasteiger partial charge in [-0.2, -0.15) is 0 Å². The lowest BCUT2D eigenvalue weighted by Gasteiger charge is -2.08. The molecule has 32 heavy (non-hydrogen) atoms. The number of carbonyl (C=O) groups is 2. The first-order valence-electron chi connectivity index (χ1n) is 11.2. The molecule has 1 unspecified atom stereocenters. The van der Waals surface area contributed by atoms with Crippen molar-refractivity contribution in [3.05, 3.63) is 29.8 Å². The third-order valence-corrected chi connectivity index (χ3v) is 4.83. The van der Waals surface area contributed by atoms with Crippen LogP contribution in [0.5, 0.6) is 11.5 Å². The van der Waals surface area contributed by atoms with Gasteiger partial charge in [0, 0.05) is 12.5 Å². The van der Waals surface area contributed by atoms with E-state index in [1.807, 2.05) is 0 Å². The molecule has 0 saturated carbocycles. The predicted octanol–water partition coefficient (Wildman–Crippen LogP) is 3.45. The van der Waals surface area contributed by atoms with Gasteiger partial charge in [-0.1, -0.05) is 51.0 Å². The number of unbranched alkanes of at least 4 members (excludes halogenated alkanes) is 8. The van der Waals surface area contributed by atoms with Crippen LogP contribution < -0.4 is 0 Å². The second-order valence-corrected chi connectivity index (χ2v) is 7.70. The molecular weight excluding hydrogens is 416 g/mol. The van der Waals surface area contributed by atoms with Crippen molar-refractivity contribution in [3.8, 4) is 11.5 Å². The molecule has 0 fully saturated rings. The summed E-state index contributed by atoms with van der Waals surface area (Å²) in [6, 6.07) is 4.30. The van der Waals surface area contributed by atoms with Crippen molar-refractivity contribution < 1.29 is 39.5 Å². The van der Waals surface area contributed by atoms with Gasteiger partial charge < -0.3 is 29.9 Å². The number of hydrogen-bond acceptors (Lipinski definition) is 8. The Bertz CT molecular complexity index is 701. The van der Waals surface area contributed by atoms with Gasteiger partial charge in [0.05, 0.1) is 13.2 Å². The van der Waals surface area contributed by atoms with Crippen LogP contribution in [0.1, 0.15) is 69.8 Å². The zero-order valence-corrected chi connectivity index (χ0v) is 18.6. The Morgan fingerprint density at radius 2 is 1.50 bits per heavy atom. The largest absolute Gasteiger partial charge is 0.504 e. The number of phenols is 2. The summed E-state index contributed by atoms with van der Waals surface area (Å²) in [5.41, 5.74) is 0.593. The monoisotopic (exact) mass is 452 g/mol. The summed E-state index contributed by atoms with van der Waals surface area (Å²) < 4.78 is 9.99. The lowest BCUT2D eigenvalue weighted by atomic mass is 10.1. The number of hydrogen-bond donors (Lipinski definition) is 4. The van der Waals surface area contributed by atoms with Crippen LogP contribution in [0.2, 0.25) is 0 Å². The van der Waals surface area contributed by atoms with E-state index in [0.717, 1.165) is 57.8 Å². The quantitative estimate of drug-likeness (QED) is 0.122. The fourth-order valence-electron chi connectivity index (χ4n) is 2.95. The first kappa shape index (κ1) is 27.5. The van der Waals surface area contributed by atoms with Crippen molar-refractivity contribution in [3.63, 3.8) is 0 Å². The number of rotatable bonds is 17. The lowest BCUT2D eigenvalue weighted by Crippen LogP contribution is -2.21. The average Bonchev–Trinajstić information content (AvgIpc) is 2.78. The first-order valence-corrected chi connectivity index (χ1v) is 11.2. The van der Waals surface area contributed by atoms with Crippen molar-refractivity contribution in [2.75, 3.05) is 19.8 Å². The van der Waals surface area contributed by atoms with Crippen molar-refractivity contribution in [1.29, 1.82) is 0 Å². The van der Waals surface area contributed by atoms with E-state index in [2.05, 4.69) is 0 Å². The molecule has 1 aromatic carbocycles. The maximum atomic E-state index is 11.7. The number of aliphatic hydroxyl groups excluding tert-OH is 2. The summed E-state index contributed by atoms with van der Waals surface area (Å²) in [6.07, 6.45) is 11.2. The van der Waals surface area contributed by atoms with Crippen LogP contribution in [0, 0.1) is 0 Å². The zero-order chi connectivity index (χ0) is 23.6. The molecule has 0 aliphatic carbocycles. The number of esters is 2. The van der Waals surface area contributed by atoms with E-state index in [-0.39, 0.29) is 24.1 Å². The van der Waals surface area contributed by atoms with Crippen LogP contribution in [0.15, 0.2) is 24.3 Å². The molecular formula is C24H36O8. The second-order valence-electron chi connectivity index (χ2n) is 7.70. The van der Waals surface area contributed by atoms with Crippen LogP contribution in [-0.2, 0) is 19.1 Å². The number of aromatic hydroxyl groups is 2. The Morgan fingerprint density at radius 3 is 2.12 bits per heavy atom. The van der Waals surface area contributed by atoms with Crippen molar-refractivity contribution in [1.82, 2.24) is 0 Å².